The maximum absolute atomic E-state index is 12.3. The van der Waals surface area contributed by atoms with Crippen molar-refractivity contribution in [2.45, 2.75) is 6.92 Å². The number of hydrogen-bond acceptors (Lipinski definition) is 4. The fraction of sp³-hybridized carbons (Fsp3) is 0.0500. The van der Waals surface area contributed by atoms with Crippen LogP contribution < -0.4 is 5.32 Å². The van der Waals surface area contributed by atoms with Crippen molar-refractivity contribution in [1.29, 1.82) is 0 Å². The molecule has 4 rings (SSSR count). The van der Waals surface area contributed by atoms with Gasteiger partial charge in [0.25, 0.3) is 5.91 Å². The van der Waals surface area contributed by atoms with Crippen LogP contribution in [0.5, 0.6) is 0 Å². The Hall–Kier alpha value is -3.25. The molecule has 6 heteroatoms. The molecule has 0 atom stereocenters. The number of nitrogens with zero attached hydrogens (tertiary/aromatic N) is 3. The molecular formula is C20H16N4OS. The summed E-state index contributed by atoms with van der Waals surface area (Å²) in [6.07, 6.45) is 5.41. The summed E-state index contributed by atoms with van der Waals surface area (Å²) in [5, 5.41) is 5.40. The quantitative estimate of drug-likeness (QED) is 0.580. The van der Waals surface area contributed by atoms with Crippen molar-refractivity contribution in [1.82, 2.24) is 14.5 Å². The molecule has 2 aromatic heterocycles. The molecule has 26 heavy (non-hydrogen) atoms. The van der Waals surface area contributed by atoms with E-state index in [0.29, 0.717) is 10.7 Å². The van der Waals surface area contributed by atoms with Crippen LogP contribution in [0, 0.1) is 6.92 Å². The van der Waals surface area contributed by atoms with Gasteiger partial charge < -0.3 is 4.57 Å². The maximum Gasteiger partial charge on any atom is 0.257 e. The number of amides is 1. The molecule has 128 valence electrons. The summed E-state index contributed by atoms with van der Waals surface area (Å²) in [5.41, 5.74) is 4.56. The lowest BCUT2D eigenvalue weighted by Crippen LogP contribution is -2.11. The second-order valence-electron chi connectivity index (χ2n) is 5.88. The Kier molecular flexibility index (Phi) is 4.33. The smallest absolute Gasteiger partial charge is 0.257 e. The molecule has 0 aliphatic rings. The molecular weight excluding hydrogens is 344 g/mol. The third-order valence-electron chi connectivity index (χ3n) is 3.97. The molecule has 0 bridgehead atoms. The lowest BCUT2D eigenvalue weighted by molar-refractivity contribution is 0.102. The third-order valence-corrected chi connectivity index (χ3v) is 4.73. The van der Waals surface area contributed by atoms with Gasteiger partial charge in [-0.25, -0.2) is 9.97 Å². The molecule has 0 fully saturated rings. The number of aromatic nitrogens is 3. The first-order valence-corrected chi connectivity index (χ1v) is 8.99. The molecule has 0 spiro atoms. The molecule has 2 aromatic carbocycles. The van der Waals surface area contributed by atoms with Crippen LogP contribution in [0.4, 0.5) is 5.13 Å². The summed E-state index contributed by atoms with van der Waals surface area (Å²) in [7, 11) is 0. The minimum atomic E-state index is -0.148. The molecule has 1 amide bonds. The Bertz CT molecular complexity index is 1040. The van der Waals surface area contributed by atoms with Crippen LogP contribution in [0.25, 0.3) is 16.9 Å². The zero-order chi connectivity index (χ0) is 17.9. The Morgan fingerprint density at radius 1 is 1.15 bits per heavy atom. The maximum atomic E-state index is 12.3. The van der Waals surface area contributed by atoms with Gasteiger partial charge >= 0.3 is 0 Å². The van der Waals surface area contributed by atoms with E-state index in [1.54, 1.807) is 18.6 Å². The number of anilines is 1. The molecule has 0 aliphatic carbocycles. The summed E-state index contributed by atoms with van der Waals surface area (Å²) in [4.78, 5) is 20.9. The van der Waals surface area contributed by atoms with E-state index < -0.39 is 0 Å². The normalized spacial score (nSPS) is 10.7. The molecule has 0 aliphatic heterocycles. The van der Waals surface area contributed by atoms with Crippen LogP contribution in [-0.4, -0.2) is 20.4 Å². The number of hydrogen-bond donors (Lipinski definition) is 1. The number of carbonyl (C=O) groups is 1. The van der Waals surface area contributed by atoms with E-state index in [0.717, 1.165) is 22.5 Å². The van der Waals surface area contributed by atoms with Crippen LogP contribution in [0.1, 0.15) is 15.9 Å². The SMILES string of the molecule is Cc1cccc(C(=O)Nc2nc(-c3ccc(-n4ccnc4)cc3)cs2)c1. The van der Waals surface area contributed by atoms with Gasteiger partial charge in [-0.2, -0.15) is 0 Å². The van der Waals surface area contributed by atoms with Crippen molar-refractivity contribution in [3.63, 3.8) is 0 Å². The summed E-state index contributed by atoms with van der Waals surface area (Å²) in [6.45, 7) is 1.96. The van der Waals surface area contributed by atoms with E-state index in [-0.39, 0.29) is 5.91 Å². The summed E-state index contributed by atoms with van der Waals surface area (Å²) in [5.74, 6) is -0.148. The van der Waals surface area contributed by atoms with E-state index in [1.807, 2.05) is 65.5 Å². The molecule has 0 saturated heterocycles. The number of imidazole rings is 1. The molecule has 1 N–H and O–H groups in total. The number of benzene rings is 2. The van der Waals surface area contributed by atoms with Gasteiger partial charge in [-0.3, -0.25) is 10.1 Å². The highest BCUT2D eigenvalue weighted by Crippen LogP contribution is 2.26. The first-order chi connectivity index (χ1) is 12.7. The minimum Gasteiger partial charge on any atom is -0.306 e. The third kappa shape index (κ3) is 3.41. The fourth-order valence-corrected chi connectivity index (χ4v) is 3.35. The van der Waals surface area contributed by atoms with Crippen LogP contribution in [0.3, 0.4) is 0 Å². The number of carbonyl (C=O) groups excluding carboxylic acids is 1. The topological polar surface area (TPSA) is 59.8 Å². The van der Waals surface area contributed by atoms with E-state index in [9.17, 15) is 4.79 Å². The van der Waals surface area contributed by atoms with Gasteiger partial charge in [0.1, 0.15) is 0 Å². The molecule has 5 nitrogen and oxygen atoms in total. The zero-order valence-corrected chi connectivity index (χ0v) is 14.9. The standard InChI is InChI=1S/C20H16N4OS/c1-14-3-2-4-16(11-14)19(25)23-20-22-18(12-26-20)15-5-7-17(8-6-15)24-10-9-21-13-24/h2-13H,1H3,(H,22,23,25). The van der Waals surface area contributed by atoms with Gasteiger partial charge in [-0.15, -0.1) is 11.3 Å². The second-order valence-corrected chi connectivity index (χ2v) is 6.74. The van der Waals surface area contributed by atoms with E-state index in [1.165, 1.54) is 11.3 Å². The monoisotopic (exact) mass is 360 g/mol. The van der Waals surface area contributed by atoms with Crippen LogP contribution in [-0.2, 0) is 0 Å². The van der Waals surface area contributed by atoms with Crippen molar-refractivity contribution < 1.29 is 4.79 Å². The largest absolute Gasteiger partial charge is 0.306 e. The predicted molar refractivity (Wildman–Crippen MR) is 104 cm³/mol. The van der Waals surface area contributed by atoms with Gasteiger partial charge in [-0.1, -0.05) is 29.8 Å². The van der Waals surface area contributed by atoms with Crippen molar-refractivity contribution in [3.05, 3.63) is 83.8 Å². The first kappa shape index (κ1) is 16.2. The summed E-state index contributed by atoms with van der Waals surface area (Å²) < 4.78 is 1.94. The van der Waals surface area contributed by atoms with Crippen LogP contribution in [0.15, 0.2) is 72.6 Å². The molecule has 4 aromatic rings. The van der Waals surface area contributed by atoms with Crippen molar-refractivity contribution in [3.8, 4) is 16.9 Å². The van der Waals surface area contributed by atoms with Gasteiger partial charge in [0.15, 0.2) is 5.13 Å². The van der Waals surface area contributed by atoms with Crippen molar-refractivity contribution >= 4 is 22.4 Å². The number of nitrogens with one attached hydrogen (secondary N) is 1. The minimum absolute atomic E-state index is 0.148. The van der Waals surface area contributed by atoms with E-state index in [2.05, 4.69) is 15.3 Å². The molecule has 2 heterocycles. The Labute approximate surface area is 155 Å². The fourth-order valence-electron chi connectivity index (χ4n) is 2.64. The Morgan fingerprint density at radius 2 is 2.00 bits per heavy atom. The highest BCUT2D eigenvalue weighted by molar-refractivity contribution is 7.14. The first-order valence-electron chi connectivity index (χ1n) is 8.11. The van der Waals surface area contributed by atoms with Gasteiger partial charge in [-0.05, 0) is 31.2 Å². The van der Waals surface area contributed by atoms with Crippen molar-refractivity contribution in [2.24, 2.45) is 0 Å². The van der Waals surface area contributed by atoms with Gasteiger partial charge in [0.2, 0.25) is 0 Å². The lowest BCUT2D eigenvalue weighted by Gasteiger charge is -2.03. The van der Waals surface area contributed by atoms with Crippen LogP contribution in [0.2, 0.25) is 0 Å². The van der Waals surface area contributed by atoms with E-state index in [4.69, 9.17) is 0 Å². The average Bonchev–Trinajstić information content (AvgIpc) is 3.34. The molecule has 0 unspecified atom stereocenters. The lowest BCUT2D eigenvalue weighted by atomic mass is 10.1. The average molecular weight is 360 g/mol. The Balaban J connectivity index is 1.50. The van der Waals surface area contributed by atoms with Crippen molar-refractivity contribution in [2.75, 3.05) is 5.32 Å². The number of thiazole rings is 1. The highest BCUT2D eigenvalue weighted by atomic mass is 32.1. The van der Waals surface area contributed by atoms with Gasteiger partial charge in [0, 0.05) is 34.6 Å². The number of rotatable bonds is 4. The molecule has 0 radical (unpaired) electrons. The summed E-state index contributed by atoms with van der Waals surface area (Å²) in [6, 6.07) is 15.5. The predicted octanol–water partition coefficient (Wildman–Crippen LogP) is 4.56. The highest BCUT2D eigenvalue weighted by Gasteiger charge is 2.10. The van der Waals surface area contributed by atoms with Crippen LogP contribution >= 0.6 is 11.3 Å². The van der Waals surface area contributed by atoms with Gasteiger partial charge in [0.05, 0.1) is 12.0 Å². The summed E-state index contributed by atoms with van der Waals surface area (Å²) >= 11 is 1.42. The molecule has 0 saturated carbocycles. The number of aryl methyl sites for hydroxylation is 1. The Morgan fingerprint density at radius 3 is 2.73 bits per heavy atom. The van der Waals surface area contributed by atoms with E-state index >= 15 is 0 Å². The second kappa shape index (κ2) is 6.93. The zero-order valence-electron chi connectivity index (χ0n) is 14.1.